The third kappa shape index (κ3) is 4.71. The molecule has 0 fully saturated rings. The number of aliphatic hydroxyl groups excluding tert-OH is 1. The molecule has 0 spiro atoms. The smallest absolute Gasteiger partial charge is 0.270 e. The highest BCUT2D eigenvalue weighted by atomic mass is 16.6. The first-order chi connectivity index (χ1) is 10.0. The summed E-state index contributed by atoms with van der Waals surface area (Å²) in [6.45, 7) is 0.654. The summed E-state index contributed by atoms with van der Waals surface area (Å²) in [5, 5.41) is 19.5. The summed E-state index contributed by atoms with van der Waals surface area (Å²) in [5.74, 6) is -0.00708. The van der Waals surface area contributed by atoms with Gasteiger partial charge < -0.3 is 14.7 Å². The van der Waals surface area contributed by atoms with E-state index >= 15 is 0 Å². The van der Waals surface area contributed by atoms with Gasteiger partial charge in [-0.2, -0.15) is 0 Å². The second-order valence-corrected chi connectivity index (χ2v) is 4.65. The number of nitrogens with zero attached hydrogens (tertiary/aromatic N) is 2. The number of hydrogen-bond donors (Lipinski definition) is 1. The molecule has 116 valence electrons. The van der Waals surface area contributed by atoms with Crippen molar-refractivity contribution < 1.29 is 19.6 Å². The van der Waals surface area contributed by atoms with Crippen molar-refractivity contribution in [3.63, 3.8) is 0 Å². The van der Waals surface area contributed by atoms with Crippen molar-refractivity contribution in [2.45, 2.75) is 19.3 Å². The Morgan fingerprint density at radius 2 is 2.10 bits per heavy atom. The maximum absolute atomic E-state index is 12.3. The van der Waals surface area contributed by atoms with Gasteiger partial charge in [-0.1, -0.05) is 0 Å². The van der Waals surface area contributed by atoms with E-state index in [4.69, 9.17) is 9.84 Å². The molecule has 1 amide bonds. The van der Waals surface area contributed by atoms with Gasteiger partial charge in [0.1, 0.15) is 5.75 Å². The average Bonchev–Trinajstić information content (AvgIpc) is 2.49. The van der Waals surface area contributed by atoms with Gasteiger partial charge in [-0.25, -0.2) is 0 Å². The molecule has 0 saturated heterocycles. The van der Waals surface area contributed by atoms with Crippen LogP contribution >= 0.6 is 0 Å². The summed E-state index contributed by atoms with van der Waals surface area (Å²) < 4.78 is 5.09. The zero-order chi connectivity index (χ0) is 15.8. The minimum Gasteiger partial charge on any atom is -0.496 e. The van der Waals surface area contributed by atoms with Gasteiger partial charge in [-0.05, 0) is 25.3 Å². The van der Waals surface area contributed by atoms with Crippen LogP contribution in [-0.2, 0) is 0 Å². The Bertz CT molecular complexity index is 504. The molecule has 0 aromatic heterocycles. The van der Waals surface area contributed by atoms with E-state index in [0.29, 0.717) is 18.7 Å². The number of non-ortho nitro benzene ring substituents is 1. The Hall–Kier alpha value is -2.15. The first kappa shape index (κ1) is 16.9. The van der Waals surface area contributed by atoms with Crippen LogP contribution in [0.15, 0.2) is 18.2 Å². The zero-order valence-corrected chi connectivity index (χ0v) is 12.2. The van der Waals surface area contributed by atoms with Crippen molar-refractivity contribution in [2.75, 3.05) is 27.3 Å². The highest BCUT2D eigenvalue weighted by molar-refractivity contribution is 5.97. The van der Waals surface area contributed by atoms with Gasteiger partial charge in [0.25, 0.3) is 11.6 Å². The molecule has 0 saturated carbocycles. The molecule has 7 nitrogen and oxygen atoms in total. The second kappa shape index (κ2) is 8.21. The summed E-state index contributed by atoms with van der Waals surface area (Å²) in [6, 6.07) is 3.95. The third-order valence-corrected chi connectivity index (χ3v) is 3.12. The molecule has 1 aromatic rings. The molecule has 0 aliphatic carbocycles. The van der Waals surface area contributed by atoms with Crippen LogP contribution in [0.1, 0.15) is 29.6 Å². The molecule has 0 unspecified atom stereocenters. The quantitative estimate of drug-likeness (QED) is 0.449. The predicted molar refractivity (Wildman–Crippen MR) is 77.5 cm³/mol. The van der Waals surface area contributed by atoms with Crippen LogP contribution in [0.5, 0.6) is 5.75 Å². The summed E-state index contributed by atoms with van der Waals surface area (Å²) in [4.78, 5) is 24.1. The lowest BCUT2D eigenvalue weighted by Crippen LogP contribution is -2.28. The van der Waals surface area contributed by atoms with Crippen molar-refractivity contribution in [1.29, 1.82) is 0 Å². The summed E-state index contributed by atoms with van der Waals surface area (Å²) in [6.07, 6.45) is 2.28. The minimum atomic E-state index is -0.544. The molecule has 7 heteroatoms. The molecular weight excluding hydrogens is 276 g/mol. The van der Waals surface area contributed by atoms with Gasteiger partial charge in [0.05, 0.1) is 17.6 Å². The Kier molecular flexibility index (Phi) is 6.61. The Balaban J connectivity index is 2.84. The fourth-order valence-corrected chi connectivity index (χ4v) is 1.92. The van der Waals surface area contributed by atoms with Crippen LogP contribution in [0.25, 0.3) is 0 Å². The van der Waals surface area contributed by atoms with Gasteiger partial charge in [-0.15, -0.1) is 0 Å². The molecule has 1 aromatic carbocycles. The first-order valence-electron chi connectivity index (χ1n) is 6.70. The molecule has 0 radical (unpaired) electrons. The fourth-order valence-electron chi connectivity index (χ4n) is 1.92. The number of ether oxygens (including phenoxy) is 1. The van der Waals surface area contributed by atoms with Crippen molar-refractivity contribution in [2.24, 2.45) is 0 Å². The van der Waals surface area contributed by atoms with E-state index in [9.17, 15) is 14.9 Å². The summed E-state index contributed by atoms with van der Waals surface area (Å²) >= 11 is 0. The lowest BCUT2D eigenvalue weighted by molar-refractivity contribution is -0.384. The Labute approximate surface area is 123 Å². The monoisotopic (exact) mass is 296 g/mol. The van der Waals surface area contributed by atoms with E-state index in [-0.39, 0.29) is 23.8 Å². The SMILES string of the molecule is COc1ccc([N+](=O)[O-])cc1C(=O)N(C)CCCCCO. The number of hydrogen-bond acceptors (Lipinski definition) is 5. The maximum Gasteiger partial charge on any atom is 0.270 e. The molecule has 0 bridgehead atoms. The zero-order valence-electron chi connectivity index (χ0n) is 12.2. The lowest BCUT2D eigenvalue weighted by atomic mass is 10.1. The van der Waals surface area contributed by atoms with Crippen molar-refractivity contribution >= 4 is 11.6 Å². The third-order valence-electron chi connectivity index (χ3n) is 3.12. The highest BCUT2D eigenvalue weighted by Gasteiger charge is 2.20. The number of nitro benzene ring substituents is 1. The van der Waals surface area contributed by atoms with E-state index in [1.165, 1.54) is 30.2 Å². The number of nitro groups is 1. The van der Waals surface area contributed by atoms with Gasteiger partial charge in [0, 0.05) is 32.3 Å². The molecule has 0 atom stereocenters. The molecule has 0 aliphatic rings. The topological polar surface area (TPSA) is 92.9 Å². The van der Waals surface area contributed by atoms with E-state index in [0.717, 1.165) is 12.8 Å². The standard InChI is InChI=1S/C14H20N2O5/c1-15(8-4-3-5-9-17)14(18)12-10-11(16(19)20)6-7-13(12)21-2/h6-7,10,17H,3-5,8-9H2,1-2H3. The fraction of sp³-hybridized carbons (Fsp3) is 0.500. The van der Waals surface area contributed by atoms with Gasteiger partial charge in [-0.3, -0.25) is 14.9 Å². The van der Waals surface area contributed by atoms with E-state index in [1.807, 2.05) is 0 Å². The number of amides is 1. The van der Waals surface area contributed by atoms with E-state index in [1.54, 1.807) is 7.05 Å². The molecule has 1 rings (SSSR count). The van der Waals surface area contributed by atoms with Crippen LogP contribution < -0.4 is 4.74 Å². The summed E-state index contributed by atoms with van der Waals surface area (Å²) in [7, 11) is 3.05. The Morgan fingerprint density at radius 1 is 1.38 bits per heavy atom. The van der Waals surface area contributed by atoms with Crippen LogP contribution in [0.3, 0.4) is 0 Å². The highest BCUT2D eigenvalue weighted by Crippen LogP contribution is 2.25. The number of aliphatic hydroxyl groups is 1. The normalized spacial score (nSPS) is 10.2. The molecular formula is C14H20N2O5. The van der Waals surface area contributed by atoms with Crippen molar-refractivity contribution in [1.82, 2.24) is 4.90 Å². The lowest BCUT2D eigenvalue weighted by Gasteiger charge is -2.18. The second-order valence-electron chi connectivity index (χ2n) is 4.65. The number of methoxy groups -OCH3 is 1. The van der Waals surface area contributed by atoms with Crippen LogP contribution in [-0.4, -0.2) is 48.1 Å². The summed E-state index contributed by atoms with van der Waals surface area (Å²) in [5.41, 5.74) is 0.0317. The average molecular weight is 296 g/mol. The maximum atomic E-state index is 12.3. The largest absolute Gasteiger partial charge is 0.496 e. The van der Waals surface area contributed by atoms with Crippen molar-refractivity contribution in [3.05, 3.63) is 33.9 Å². The van der Waals surface area contributed by atoms with Gasteiger partial charge in [0.2, 0.25) is 0 Å². The molecule has 0 aliphatic heterocycles. The van der Waals surface area contributed by atoms with Crippen LogP contribution in [0.2, 0.25) is 0 Å². The Morgan fingerprint density at radius 3 is 2.67 bits per heavy atom. The van der Waals surface area contributed by atoms with Crippen LogP contribution in [0.4, 0.5) is 5.69 Å². The van der Waals surface area contributed by atoms with E-state index in [2.05, 4.69) is 0 Å². The number of unbranched alkanes of at least 4 members (excludes halogenated alkanes) is 2. The predicted octanol–water partition coefficient (Wildman–Crippen LogP) is 1.84. The van der Waals surface area contributed by atoms with Crippen LogP contribution in [0, 0.1) is 10.1 Å². The number of carbonyl (C=O) groups is 1. The first-order valence-corrected chi connectivity index (χ1v) is 6.70. The number of benzene rings is 1. The molecule has 21 heavy (non-hydrogen) atoms. The molecule has 0 heterocycles. The minimum absolute atomic E-state index is 0.135. The van der Waals surface area contributed by atoms with Crippen molar-refractivity contribution in [3.8, 4) is 5.75 Å². The van der Waals surface area contributed by atoms with Gasteiger partial charge in [0.15, 0.2) is 0 Å². The number of carbonyl (C=O) groups excluding carboxylic acids is 1. The van der Waals surface area contributed by atoms with Gasteiger partial charge >= 0.3 is 0 Å². The number of rotatable bonds is 8. The van der Waals surface area contributed by atoms with E-state index < -0.39 is 4.92 Å². The molecule has 1 N–H and O–H groups in total.